The second-order valence-corrected chi connectivity index (χ2v) is 8.36. The van der Waals surface area contributed by atoms with Gasteiger partial charge in [0.2, 0.25) is 11.9 Å². The molecule has 3 N–H and O–H groups in total. The smallest absolute Gasteiger partial charge is 0.264 e. The average molecular weight is 379 g/mol. The lowest BCUT2D eigenvalue weighted by molar-refractivity contribution is -0.114. The Morgan fingerprint density at radius 1 is 1.19 bits per heavy atom. The van der Waals surface area contributed by atoms with Gasteiger partial charge < -0.3 is 10.6 Å². The molecular formula is C17H25N5O3S. The number of amides is 1. The van der Waals surface area contributed by atoms with Crippen LogP contribution in [-0.4, -0.2) is 44.6 Å². The van der Waals surface area contributed by atoms with Crippen molar-refractivity contribution in [3.63, 3.8) is 0 Å². The minimum atomic E-state index is -3.72. The molecule has 0 radical (unpaired) electrons. The predicted octanol–water partition coefficient (Wildman–Crippen LogP) is 1.43. The highest BCUT2D eigenvalue weighted by atomic mass is 32.2. The van der Waals surface area contributed by atoms with E-state index in [1.807, 2.05) is 0 Å². The van der Waals surface area contributed by atoms with E-state index < -0.39 is 10.0 Å². The predicted molar refractivity (Wildman–Crippen MR) is 100 cm³/mol. The molecule has 0 unspecified atom stereocenters. The van der Waals surface area contributed by atoms with Crippen LogP contribution in [0.25, 0.3) is 0 Å². The largest absolute Gasteiger partial charge is 0.343 e. The van der Waals surface area contributed by atoms with Gasteiger partial charge in [-0.3, -0.25) is 9.69 Å². The highest BCUT2D eigenvalue weighted by Gasteiger charge is 2.25. The van der Waals surface area contributed by atoms with Crippen LogP contribution in [0.3, 0.4) is 0 Å². The van der Waals surface area contributed by atoms with Crippen molar-refractivity contribution < 1.29 is 13.2 Å². The Morgan fingerprint density at radius 2 is 1.88 bits per heavy atom. The van der Waals surface area contributed by atoms with Crippen LogP contribution in [-0.2, 0) is 14.8 Å². The van der Waals surface area contributed by atoms with Crippen molar-refractivity contribution in [1.82, 2.24) is 14.9 Å². The number of benzene rings is 1. The summed E-state index contributed by atoms with van der Waals surface area (Å²) < 4.78 is 27.5. The number of sulfonamides is 1. The van der Waals surface area contributed by atoms with Crippen molar-refractivity contribution in [3.8, 4) is 0 Å². The van der Waals surface area contributed by atoms with Gasteiger partial charge in [0.1, 0.15) is 0 Å². The van der Waals surface area contributed by atoms with Crippen LogP contribution < -0.4 is 15.4 Å². The number of aliphatic imine (C=N–C) groups is 1. The minimum Gasteiger partial charge on any atom is -0.343 e. The Morgan fingerprint density at radius 3 is 2.46 bits per heavy atom. The zero-order chi connectivity index (χ0) is 18.6. The molecule has 0 bridgehead atoms. The molecule has 26 heavy (non-hydrogen) atoms. The van der Waals surface area contributed by atoms with E-state index >= 15 is 0 Å². The molecule has 142 valence electrons. The van der Waals surface area contributed by atoms with Crippen molar-refractivity contribution in [2.45, 2.75) is 50.0 Å². The molecule has 1 aliphatic carbocycles. The van der Waals surface area contributed by atoms with Crippen LogP contribution in [0.4, 0.5) is 5.69 Å². The number of anilines is 1. The molecule has 1 amide bonds. The third-order valence-electron chi connectivity index (χ3n) is 4.67. The fourth-order valence-electron chi connectivity index (χ4n) is 3.31. The highest BCUT2D eigenvalue weighted by Crippen LogP contribution is 2.22. The van der Waals surface area contributed by atoms with Crippen LogP contribution in [0.1, 0.15) is 39.0 Å². The van der Waals surface area contributed by atoms with Crippen molar-refractivity contribution in [2.75, 3.05) is 18.7 Å². The van der Waals surface area contributed by atoms with Gasteiger partial charge in [-0.25, -0.2) is 18.1 Å². The van der Waals surface area contributed by atoms with Gasteiger partial charge in [-0.05, 0) is 37.1 Å². The van der Waals surface area contributed by atoms with Gasteiger partial charge in [0.25, 0.3) is 10.0 Å². The van der Waals surface area contributed by atoms with E-state index in [1.54, 1.807) is 12.1 Å². The molecule has 1 saturated carbocycles. The highest BCUT2D eigenvalue weighted by molar-refractivity contribution is 7.90. The molecule has 1 aromatic rings. The maximum absolute atomic E-state index is 12.5. The fourth-order valence-corrected chi connectivity index (χ4v) is 4.31. The van der Waals surface area contributed by atoms with Crippen LogP contribution in [0.5, 0.6) is 0 Å². The number of rotatable bonds is 4. The summed E-state index contributed by atoms with van der Waals surface area (Å²) in [6.45, 7) is 2.49. The Balaban J connectivity index is 1.60. The summed E-state index contributed by atoms with van der Waals surface area (Å²) in [6.07, 6.45) is 6.16. The first-order valence-electron chi connectivity index (χ1n) is 8.87. The lowest BCUT2D eigenvalue weighted by atomic mass is 9.94. The van der Waals surface area contributed by atoms with Gasteiger partial charge in [0.05, 0.1) is 18.2 Å². The third-order valence-corrected chi connectivity index (χ3v) is 6.02. The summed E-state index contributed by atoms with van der Waals surface area (Å²) in [7, 11) is -3.72. The summed E-state index contributed by atoms with van der Waals surface area (Å²) in [6, 6.07) is 6.53. The average Bonchev–Trinajstić information content (AvgIpc) is 2.63. The minimum absolute atomic E-state index is 0.116. The summed E-state index contributed by atoms with van der Waals surface area (Å²) in [5.41, 5.74) is 0.549. The molecule has 9 heteroatoms. The monoisotopic (exact) mass is 379 g/mol. The summed E-state index contributed by atoms with van der Waals surface area (Å²) in [5.74, 6) is 0.0602. The Kier molecular flexibility index (Phi) is 5.77. The van der Waals surface area contributed by atoms with Crippen molar-refractivity contribution in [1.29, 1.82) is 0 Å². The molecule has 0 aromatic heterocycles. The van der Waals surface area contributed by atoms with Gasteiger partial charge in [-0.2, -0.15) is 0 Å². The summed E-state index contributed by atoms with van der Waals surface area (Å²) in [4.78, 5) is 17.7. The van der Waals surface area contributed by atoms with E-state index in [0.29, 0.717) is 25.1 Å². The number of carbonyl (C=O) groups excluding carboxylic acids is 1. The Labute approximate surface area is 154 Å². The standard InChI is InChI=1S/C17H25N5O3S/c1-13(23)20-14-7-9-16(10-8-14)26(24,25)21-17-18-11-22(12-19-17)15-5-3-2-4-6-15/h7-10,15H,2-6,11-12H2,1H3,(H,20,23)(H2,18,19,21). The zero-order valence-electron chi connectivity index (χ0n) is 14.9. The molecule has 8 nitrogen and oxygen atoms in total. The maximum Gasteiger partial charge on any atom is 0.264 e. The first kappa shape index (κ1) is 18.7. The van der Waals surface area contributed by atoms with Crippen LogP contribution >= 0.6 is 0 Å². The zero-order valence-corrected chi connectivity index (χ0v) is 15.7. The SMILES string of the molecule is CC(=O)Nc1ccc(S(=O)(=O)NC2=NCN(C3CCCCC3)CN2)cc1. The Hall–Kier alpha value is -2.13. The maximum atomic E-state index is 12.5. The lowest BCUT2D eigenvalue weighted by Crippen LogP contribution is -2.53. The molecule has 0 atom stereocenters. The van der Waals surface area contributed by atoms with Gasteiger partial charge in [-0.15, -0.1) is 0 Å². The summed E-state index contributed by atoms with van der Waals surface area (Å²) >= 11 is 0. The molecule has 1 aromatic carbocycles. The second kappa shape index (κ2) is 8.05. The Bertz CT molecular complexity index is 770. The van der Waals surface area contributed by atoms with E-state index in [2.05, 4.69) is 25.2 Å². The van der Waals surface area contributed by atoms with Gasteiger partial charge in [0.15, 0.2) is 0 Å². The van der Waals surface area contributed by atoms with Crippen molar-refractivity contribution in [3.05, 3.63) is 24.3 Å². The number of nitrogens with one attached hydrogen (secondary N) is 3. The van der Waals surface area contributed by atoms with E-state index in [9.17, 15) is 13.2 Å². The van der Waals surface area contributed by atoms with Crippen LogP contribution in [0.2, 0.25) is 0 Å². The van der Waals surface area contributed by atoms with Gasteiger partial charge >= 0.3 is 0 Å². The first-order valence-corrected chi connectivity index (χ1v) is 10.4. The van der Waals surface area contributed by atoms with Gasteiger partial charge in [-0.1, -0.05) is 19.3 Å². The molecule has 1 fully saturated rings. The van der Waals surface area contributed by atoms with E-state index in [-0.39, 0.29) is 16.8 Å². The van der Waals surface area contributed by atoms with Crippen LogP contribution in [0.15, 0.2) is 34.2 Å². The first-order chi connectivity index (χ1) is 12.4. The lowest BCUT2D eigenvalue weighted by Gasteiger charge is -2.35. The molecule has 0 saturated heterocycles. The van der Waals surface area contributed by atoms with Crippen molar-refractivity contribution >= 4 is 27.6 Å². The second-order valence-electron chi connectivity index (χ2n) is 6.67. The third kappa shape index (κ3) is 4.73. The number of hydrogen-bond donors (Lipinski definition) is 3. The van der Waals surface area contributed by atoms with Gasteiger partial charge in [0, 0.05) is 18.7 Å². The normalized spacial score (nSPS) is 19.3. The molecular weight excluding hydrogens is 354 g/mol. The number of guanidine groups is 1. The van der Waals surface area contributed by atoms with E-state index in [4.69, 9.17) is 0 Å². The molecule has 1 heterocycles. The van der Waals surface area contributed by atoms with E-state index in [1.165, 1.54) is 51.2 Å². The quantitative estimate of drug-likeness (QED) is 0.734. The van der Waals surface area contributed by atoms with Crippen molar-refractivity contribution in [2.24, 2.45) is 4.99 Å². The molecule has 2 aliphatic rings. The topological polar surface area (TPSA) is 103 Å². The molecule has 3 rings (SSSR count). The molecule has 0 spiro atoms. The fraction of sp³-hybridized carbons (Fsp3) is 0.529. The molecule has 1 aliphatic heterocycles. The number of nitrogens with zero attached hydrogens (tertiary/aromatic N) is 2. The number of carbonyl (C=O) groups is 1. The van der Waals surface area contributed by atoms with E-state index in [0.717, 1.165) is 0 Å². The number of hydrogen-bond acceptors (Lipinski definition) is 6. The van der Waals surface area contributed by atoms with Crippen LogP contribution in [0, 0.1) is 0 Å². The summed E-state index contributed by atoms with van der Waals surface area (Å²) in [5, 5.41) is 5.66.